The van der Waals surface area contributed by atoms with E-state index in [0.29, 0.717) is 0 Å². The van der Waals surface area contributed by atoms with Gasteiger partial charge in [-0.05, 0) is 32.1 Å². The van der Waals surface area contributed by atoms with Crippen LogP contribution in [0.3, 0.4) is 0 Å². The third-order valence-corrected chi connectivity index (χ3v) is 3.16. The minimum atomic E-state index is -1.24. The van der Waals surface area contributed by atoms with E-state index < -0.39 is 11.8 Å². The molecule has 0 unspecified atom stereocenters. The third-order valence-electron chi connectivity index (χ3n) is 3.16. The third kappa shape index (κ3) is 1.63. The average molecular weight is 174 g/mol. The van der Waals surface area contributed by atoms with E-state index in [0.717, 1.165) is 12.8 Å². The zero-order valence-electron chi connectivity index (χ0n) is 8.39. The Balaban J connectivity index is 2.74. The molecule has 0 aliphatic heterocycles. The van der Waals surface area contributed by atoms with Gasteiger partial charge in [0.1, 0.15) is 5.67 Å². The van der Waals surface area contributed by atoms with E-state index in [2.05, 4.69) is 0 Å². The Morgan fingerprint density at radius 3 is 2.08 bits per heavy atom. The molecule has 1 aliphatic rings. The van der Waals surface area contributed by atoms with Gasteiger partial charge in [0, 0.05) is 5.92 Å². The van der Waals surface area contributed by atoms with E-state index in [1.807, 2.05) is 13.8 Å². The number of hydrogen-bond donors (Lipinski definition) is 1. The Bertz CT molecular complexity index is 169. The smallest absolute Gasteiger partial charge is 0.110 e. The van der Waals surface area contributed by atoms with Gasteiger partial charge in [-0.3, -0.25) is 0 Å². The lowest BCUT2D eigenvalue weighted by atomic mass is 9.82. The van der Waals surface area contributed by atoms with Crippen molar-refractivity contribution in [3.05, 3.63) is 0 Å². The van der Waals surface area contributed by atoms with Crippen molar-refractivity contribution < 1.29 is 9.50 Å². The highest BCUT2D eigenvalue weighted by Crippen LogP contribution is 2.46. The maximum Gasteiger partial charge on any atom is 0.110 e. The van der Waals surface area contributed by atoms with Crippen LogP contribution >= 0.6 is 0 Å². The number of rotatable bonds is 1. The first-order chi connectivity index (χ1) is 5.25. The van der Waals surface area contributed by atoms with Crippen molar-refractivity contribution >= 4 is 0 Å². The van der Waals surface area contributed by atoms with E-state index in [4.69, 9.17) is 0 Å². The molecule has 0 saturated heterocycles. The zero-order chi connectivity index (χ0) is 9.57. The predicted octanol–water partition coefficient (Wildman–Crippen LogP) is 2.53. The van der Waals surface area contributed by atoms with Crippen LogP contribution in [0.5, 0.6) is 0 Å². The maximum absolute atomic E-state index is 13.5. The van der Waals surface area contributed by atoms with Crippen LogP contribution in [-0.2, 0) is 0 Å². The summed E-state index contributed by atoms with van der Waals surface area (Å²) in [4.78, 5) is 0. The number of alkyl halides is 1. The van der Waals surface area contributed by atoms with Crippen molar-refractivity contribution in [2.75, 3.05) is 0 Å². The molecule has 0 bridgehead atoms. The summed E-state index contributed by atoms with van der Waals surface area (Å²) in [6, 6.07) is 0. The molecular formula is C10H19FO. The molecule has 1 fully saturated rings. The van der Waals surface area contributed by atoms with Crippen LogP contribution in [0.4, 0.5) is 4.39 Å². The second-order valence-corrected chi connectivity index (χ2v) is 5.14. The largest absolute Gasteiger partial charge is 0.392 e. The number of hydrogen-bond acceptors (Lipinski definition) is 1. The summed E-state index contributed by atoms with van der Waals surface area (Å²) >= 11 is 0. The van der Waals surface area contributed by atoms with E-state index in [-0.39, 0.29) is 11.3 Å². The van der Waals surface area contributed by atoms with Gasteiger partial charge in [-0.1, -0.05) is 13.8 Å². The molecule has 0 heterocycles. The fraction of sp³-hybridized carbons (Fsp3) is 1.00. The van der Waals surface area contributed by atoms with E-state index in [1.54, 1.807) is 13.8 Å². The Morgan fingerprint density at radius 1 is 1.42 bits per heavy atom. The van der Waals surface area contributed by atoms with E-state index in [9.17, 15) is 9.50 Å². The standard InChI is InChI=1S/C10H19FO/c1-9(2)6-5-7(8(9)12)10(3,4)11/h7-8,12H,5-6H2,1-4H3/t7-,8+/m1/s1. The highest BCUT2D eigenvalue weighted by atomic mass is 19.1. The van der Waals surface area contributed by atoms with Crippen molar-refractivity contribution in [3.8, 4) is 0 Å². The van der Waals surface area contributed by atoms with Crippen LogP contribution in [0.15, 0.2) is 0 Å². The molecule has 0 aromatic carbocycles. The fourth-order valence-electron chi connectivity index (χ4n) is 2.10. The first-order valence-electron chi connectivity index (χ1n) is 4.62. The summed E-state index contributed by atoms with van der Waals surface area (Å²) in [5.41, 5.74) is -1.35. The summed E-state index contributed by atoms with van der Waals surface area (Å²) in [5.74, 6) is -0.188. The topological polar surface area (TPSA) is 20.2 Å². The Kier molecular flexibility index (Phi) is 2.24. The monoisotopic (exact) mass is 174 g/mol. The highest BCUT2D eigenvalue weighted by molar-refractivity contribution is 4.97. The normalized spacial score (nSPS) is 35.5. The minimum Gasteiger partial charge on any atom is -0.392 e. The number of aliphatic hydroxyl groups is 1. The molecule has 0 aromatic rings. The zero-order valence-corrected chi connectivity index (χ0v) is 8.39. The Morgan fingerprint density at radius 2 is 1.92 bits per heavy atom. The first-order valence-corrected chi connectivity index (χ1v) is 4.62. The van der Waals surface area contributed by atoms with E-state index >= 15 is 0 Å². The molecule has 0 spiro atoms. The van der Waals surface area contributed by atoms with Gasteiger partial charge in [0.25, 0.3) is 0 Å². The van der Waals surface area contributed by atoms with Crippen molar-refractivity contribution in [1.29, 1.82) is 0 Å². The molecule has 0 aromatic heterocycles. The lowest BCUT2D eigenvalue weighted by Gasteiger charge is -2.30. The molecule has 1 saturated carbocycles. The quantitative estimate of drug-likeness (QED) is 0.647. The molecule has 2 atom stereocenters. The molecule has 1 aliphatic carbocycles. The van der Waals surface area contributed by atoms with Crippen LogP contribution in [0.1, 0.15) is 40.5 Å². The van der Waals surface area contributed by atoms with Crippen LogP contribution in [-0.4, -0.2) is 16.9 Å². The summed E-state index contributed by atoms with van der Waals surface area (Å²) in [5, 5.41) is 9.81. The SMILES string of the molecule is CC(C)(F)[C@@H]1CCC(C)(C)[C@H]1O. The summed E-state index contributed by atoms with van der Waals surface area (Å²) in [6.45, 7) is 7.12. The first kappa shape index (κ1) is 9.97. The van der Waals surface area contributed by atoms with Gasteiger partial charge in [0.05, 0.1) is 6.10 Å². The number of aliphatic hydroxyl groups excluding tert-OH is 1. The van der Waals surface area contributed by atoms with Crippen LogP contribution in [0.25, 0.3) is 0 Å². The lowest BCUT2D eigenvalue weighted by Crippen LogP contribution is -2.37. The van der Waals surface area contributed by atoms with Gasteiger partial charge >= 0.3 is 0 Å². The van der Waals surface area contributed by atoms with Gasteiger partial charge in [-0.2, -0.15) is 0 Å². The Labute approximate surface area is 74.0 Å². The molecule has 1 rings (SSSR count). The molecule has 1 nitrogen and oxygen atoms in total. The number of halogens is 1. The molecule has 0 amide bonds. The molecule has 72 valence electrons. The van der Waals surface area contributed by atoms with Gasteiger partial charge in [-0.15, -0.1) is 0 Å². The van der Waals surface area contributed by atoms with E-state index in [1.165, 1.54) is 0 Å². The van der Waals surface area contributed by atoms with Gasteiger partial charge in [-0.25, -0.2) is 4.39 Å². The highest BCUT2D eigenvalue weighted by Gasteiger charge is 2.47. The molecule has 0 radical (unpaired) electrons. The van der Waals surface area contributed by atoms with Gasteiger partial charge in [0.2, 0.25) is 0 Å². The van der Waals surface area contributed by atoms with Crippen LogP contribution in [0, 0.1) is 11.3 Å². The summed E-state index contributed by atoms with van der Waals surface area (Å²) < 4.78 is 13.5. The summed E-state index contributed by atoms with van der Waals surface area (Å²) in [7, 11) is 0. The minimum absolute atomic E-state index is 0.103. The molecule has 12 heavy (non-hydrogen) atoms. The van der Waals surface area contributed by atoms with Crippen LogP contribution in [0.2, 0.25) is 0 Å². The second kappa shape index (κ2) is 2.69. The van der Waals surface area contributed by atoms with Crippen molar-refractivity contribution in [1.82, 2.24) is 0 Å². The van der Waals surface area contributed by atoms with Crippen LogP contribution < -0.4 is 0 Å². The van der Waals surface area contributed by atoms with Gasteiger partial charge < -0.3 is 5.11 Å². The second-order valence-electron chi connectivity index (χ2n) is 5.14. The molecule has 2 heteroatoms. The average Bonchev–Trinajstić information content (AvgIpc) is 2.06. The fourth-order valence-corrected chi connectivity index (χ4v) is 2.10. The van der Waals surface area contributed by atoms with Crippen molar-refractivity contribution in [3.63, 3.8) is 0 Å². The van der Waals surface area contributed by atoms with Crippen molar-refractivity contribution in [2.24, 2.45) is 11.3 Å². The van der Waals surface area contributed by atoms with Gasteiger partial charge in [0.15, 0.2) is 0 Å². The predicted molar refractivity (Wildman–Crippen MR) is 47.7 cm³/mol. The van der Waals surface area contributed by atoms with Crippen molar-refractivity contribution in [2.45, 2.75) is 52.3 Å². The summed E-state index contributed by atoms with van der Waals surface area (Å²) in [6.07, 6.45) is 1.24. The molecular weight excluding hydrogens is 155 g/mol. The molecule has 1 N–H and O–H groups in total. The lowest BCUT2D eigenvalue weighted by molar-refractivity contribution is -0.0132. The Hall–Kier alpha value is -0.110. The maximum atomic E-state index is 13.5.